The number of fused-ring (bicyclic) bond motifs is 1. The van der Waals surface area contributed by atoms with Crippen LogP contribution in [-0.4, -0.2) is 40.4 Å². The van der Waals surface area contributed by atoms with Crippen LogP contribution in [0.1, 0.15) is 34.3 Å². The molecule has 4 rings (SSSR count). The van der Waals surface area contributed by atoms with E-state index in [0.717, 1.165) is 32.1 Å². The summed E-state index contributed by atoms with van der Waals surface area (Å²) in [7, 11) is 0. The highest BCUT2D eigenvalue weighted by molar-refractivity contribution is 6.01. The molecule has 0 radical (unpaired) electrons. The SMILES string of the molecule is Cl.O=C(O)/C=C/c1ccc2c(c1)C(=O)CC1(CCN(Cc3ccccc3)C1)O2. The minimum absolute atomic E-state index is 0. The molecule has 0 amide bonds. The number of rotatable bonds is 4. The monoisotopic (exact) mass is 399 g/mol. The van der Waals surface area contributed by atoms with Crippen LogP contribution in [0, 0.1) is 0 Å². The number of aliphatic carboxylic acids is 1. The summed E-state index contributed by atoms with van der Waals surface area (Å²) in [6, 6.07) is 15.6. The van der Waals surface area contributed by atoms with Gasteiger partial charge in [-0.05, 0) is 29.3 Å². The number of ether oxygens (including phenoxy) is 1. The van der Waals surface area contributed by atoms with Crippen LogP contribution in [0.5, 0.6) is 5.75 Å². The molecule has 2 aromatic carbocycles. The first kappa shape index (κ1) is 20.1. The Balaban J connectivity index is 0.00000225. The molecule has 2 heterocycles. The average molecular weight is 400 g/mol. The van der Waals surface area contributed by atoms with E-state index in [1.165, 1.54) is 11.6 Å². The van der Waals surface area contributed by atoms with Crippen LogP contribution < -0.4 is 4.74 Å². The lowest BCUT2D eigenvalue weighted by molar-refractivity contribution is -0.131. The predicted molar refractivity (Wildman–Crippen MR) is 109 cm³/mol. The van der Waals surface area contributed by atoms with E-state index in [9.17, 15) is 9.59 Å². The van der Waals surface area contributed by atoms with Gasteiger partial charge in [0.15, 0.2) is 5.78 Å². The zero-order chi connectivity index (χ0) is 18.9. The second-order valence-corrected chi connectivity index (χ2v) is 7.26. The molecular weight excluding hydrogens is 378 g/mol. The molecule has 5 nitrogen and oxygen atoms in total. The Morgan fingerprint density at radius 2 is 2.00 bits per heavy atom. The molecular formula is C22H22ClNO4. The van der Waals surface area contributed by atoms with Crippen LogP contribution in [0.2, 0.25) is 0 Å². The molecule has 0 aromatic heterocycles. The van der Waals surface area contributed by atoms with Crippen molar-refractivity contribution in [2.45, 2.75) is 25.0 Å². The topological polar surface area (TPSA) is 66.8 Å². The number of Topliss-reactive ketones (excluding diaryl/α,β-unsaturated/α-hetero) is 1. The fourth-order valence-electron chi connectivity index (χ4n) is 3.91. The molecule has 2 aliphatic heterocycles. The summed E-state index contributed by atoms with van der Waals surface area (Å²) < 4.78 is 6.30. The van der Waals surface area contributed by atoms with Crippen molar-refractivity contribution in [2.75, 3.05) is 13.1 Å². The van der Waals surface area contributed by atoms with Crippen molar-refractivity contribution in [3.63, 3.8) is 0 Å². The molecule has 2 aromatic rings. The van der Waals surface area contributed by atoms with Crippen molar-refractivity contribution >= 4 is 30.2 Å². The lowest BCUT2D eigenvalue weighted by atomic mass is 9.88. The van der Waals surface area contributed by atoms with Gasteiger partial charge >= 0.3 is 5.97 Å². The summed E-state index contributed by atoms with van der Waals surface area (Å²) in [6.45, 7) is 2.48. The van der Waals surface area contributed by atoms with E-state index in [1.54, 1.807) is 18.2 Å². The van der Waals surface area contributed by atoms with Crippen LogP contribution in [-0.2, 0) is 11.3 Å². The van der Waals surface area contributed by atoms with Crippen LogP contribution in [0.3, 0.4) is 0 Å². The van der Waals surface area contributed by atoms with Crippen molar-refractivity contribution in [3.05, 3.63) is 71.3 Å². The highest BCUT2D eigenvalue weighted by Crippen LogP contribution is 2.39. The van der Waals surface area contributed by atoms with Gasteiger partial charge in [-0.2, -0.15) is 0 Å². The molecule has 1 atom stereocenters. The maximum atomic E-state index is 12.8. The number of ketones is 1. The Labute approximate surface area is 170 Å². The molecule has 0 saturated carbocycles. The molecule has 1 saturated heterocycles. The zero-order valence-corrected chi connectivity index (χ0v) is 16.2. The molecule has 1 N–H and O–H groups in total. The van der Waals surface area contributed by atoms with Crippen molar-refractivity contribution in [2.24, 2.45) is 0 Å². The van der Waals surface area contributed by atoms with Gasteiger partial charge in [-0.1, -0.05) is 36.4 Å². The average Bonchev–Trinajstić information content (AvgIpc) is 3.02. The van der Waals surface area contributed by atoms with Crippen LogP contribution in [0.25, 0.3) is 6.08 Å². The van der Waals surface area contributed by atoms with Crippen LogP contribution >= 0.6 is 12.4 Å². The van der Waals surface area contributed by atoms with E-state index in [1.807, 2.05) is 18.2 Å². The molecule has 6 heteroatoms. The van der Waals surface area contributed by atoms with E-state index >= 15 is 0 Å². The Bertz CT molecular complexity index is 912. The lowest BCUT2D eigenvalue weighted by Crippen LogP contribution is -2.44. The third kappa shape index (κ3) is 4.26. The normalized spacial score (nSPS) is 21.4. The van der Waals surface area contributed by atoms with Gasteiger partial charge in [0.05, 0.1) is 12.0 Å². The standard InChI is InChI=1S/C22H21NO4.ClH/c24-19-13-22(10-11-23(15-22)14-17-4-2-1-3-5-17)27-20-8-6-16(12-18(19)20)7-9-21(25)26;/h1-9,12H,10-11,13-15H2,(H,25,26);1H/b9-7+;. The van der Waals surface area contributed by atoms with Gasteiger partial charge in [0, 0.05) is 32.1 Å². The molecule has 1 spiro atoms. The van der Waals surface area contributed by atoms with Gasteiger partial charge < -0.3 is 9.84 Å². The van der Waals surface area contributed by atoms with E-state index < -0.39 is 11.6 Å². The second kappa shape index (κ2) is 8.17. The fourth-order valence-corrected chi connectivity index (χ4v) is 3.91. The number of hydrogen-bond acceptors (Lipinski definition) is 4. The minimum atomic E-state index is -1.02. The number of carbonyl (C=O) groups is 2. The summed E-state index contributed by atoms with van der Waals surface area (Å²) in [5, 5.41) is 8.75. The number of benzene rings is 2. The van der Waals surface area contributed by atoms with Crippen molar-refractivity contribution in [3.8, 4) is 5.75 Å². The first-order valence-corrected chi connectivity index (χ1v) is 9.07. The molecule has 146 valence electrons. The number of likely N-dealkylation sites (tertiary alicyclic amines) is 1. The maximum Gasteiger partial charge on any atom is 0.328 e. The summed E-state index contributed by atoms with van der Waals surface area (Å²) in [4.78, 5) is 25.8. The van der Waals surface area contributed by atoms with Gasteiger partial charge in [0.25, 0.3) is 0 Å². The largest absolute Gasteiger partial charge is 0.485 e. The van der Waals surface area contributed by atoms with Crippen LogP contribution in [0.4, 0.5) is 0 Å². The van der Waals surface area contributed by atoms with Crippen molar-refractivity contribution < 1.29 is 19.4 Å². The van der Waals surface area contributed by atoms with Crippen molar-refractivity contribution in [1.82, 2.24) is 4.90 Å². The van der Waals surface area contributed by atoms with Gasteiger partial charge in [-0.3, -0.25) is 9.69 Å². The maximum absolute atomic E-state index is 12.8. The van der Waals surface area contributed by atoms with Crippen LogP contribution in [0.15, 0.2) is 54.6 Å². The smallest absolute Gasteiger partial charge is 0.328 e. The van der Waals surface area contributed by atoms with E-state index in [0.29, 0.717) is 23.3 Å². The van der Waals surface area contributed by atoms with Crippen molar-refractivity contribution in [1.29, 1.82) is 0 Å². The van der Waals surface area contributed by atoms with Gasteiger partial charge in [-0.25, -0.2) is 4.79 Å². The highest BCUT2D eigenvalue weighted by atomic mass is 35.5. The summed E-state index contributed by atoms with van der Waals surface area (Å²) in [5.41, 5.74) is 2.01. The molecule has 0 aliphatic carbocycles. The third-order valence-corrected chi connectivity index (χ3v) is 5.18. The second-order valence-electron chi connectivity index (χ2n) is 7.26. The Morgan fingerprint density at radius 1 is 1.21 bits per heavy atom. The third-order valence-electron chi connectivity index (χ3n) is 5.18. The lowest BCUT2D eigenvalue weighted by Gasteiger charge is -2.35. The zero-order valence-electron chi connectivity index (χ0n) is 15.3. The summed E-state index contributed by atoms with van der Waals surface area (Å²) in [5.74, 6) is -0.359. The molecule has 1 unspecified atom stereocenters. The van der Waals surface area contributed by atoms with Gasteiger partial charge in [0.2, 0.25) is 0 Å². The molecule has 2 aliphatic rings. The molecule has 1 fully saturated rings. The summed E-state index contributed by atoms with van der Waals surface area (Å²) in [6.07, 6.45) is 3.73. The Morgan fingerprint density at radius 3 is 2.75 bits per heavy atom. The fraction of sp³-hybridized carbons (Fsp3) is 0.273. The molecule has 0 bridgehead atoms. The van der Waals surface area contributed by atoms with E-state index in [2.05, 4.69) is 17.0 Å². The summed E-state index contributed by atoms with van der Waals surface area (Å²) >= 11 is 0. The number of nitrogens with zero attached hydrogens (tertiary/aromatic N) is 1. The number of carbonyl (C=O) groups excluding carboxylic acids is 1. The Hall–Kier alpha value is -2.63. The van der Waals surface area contributed by atoms with Gasteiger partial charge in [0.1, 0.15) is 11.4 Å². The Kier molecular flexibility index (Phi) is 5.87. The first-order valence-electron chi connectivity index (χ1n) is 9.07. The quantitative estimate of drug-likeness (QED) is 0.792. The minimum Gasteiger partial charge on any atom is -0.485 e. The number of halogens is 1. The first-order chi connectivity index (χ1) is 13.0. The van der Waals surface area contributed by atoms with E-state index in [-0.39, 0.29) is 18.2 Å². The number of hydrogen-bond donors (Lipinski definition) is 1. The van der Waals surface area contributed by atoms with E-state index in [4.69, 9.17) is 9.84 Å². The predicted octanol–water partition coefficient (Wildman–Crippen LogP) is 3.82. The number of carboxylic acid groups (broad SMARTS) is 1. The number of carboxylic acids is 1. The highest BCUT2D eigenvalue weighted by Gasteiger charge is 2.45. The van der Waals surface area contributed by atoms with Gasteiger partial charge in [-0.15, -0.1) is 12.4 Å². The molecule has 28 heavy (non-hydrogen) atoms.